The zero-order valence-corrected chi connectivity index (χ0v) is 11.9. The molecule has 0 aliphatic heterocycles. The fourth-order valence-corrected chi connectivity index (χ4v) is 4.07. The highest BCUT2D eigenvalue weighted by Crippen LogP contribution is 2.25. The normalized spacial score (nSPS) is 16.8. The van der Waals surface area contributed by atoms with Crippen molar-refractivity contribution in [2.24, 2.45) is 5.92 Å². The lowest BCUT2D eigenvalue weighted by molar-refractivity contribution is 0.0692. The Morgan fingerprint density at radius 2 is 2.05 bits per heavy atom. The van der Waals surface area contributed by atoms with Crippen LogP contribution < -0.4 is 4.72 Å². The van der Waals surface area contributed by atoms with Crippen LogP contribution >= 0.6 is 0 Å². The van der Waals surface area contributed by atoms with Crippen LogP contribution in [0.2, 0.25) is 0 Å². The van der Waals surface area contributed by atoms with Crippen LogP contribution in [-0.2, 0) is 10.0 Å². The summed E-state index contributed by atoms with van der Waals surface area (Å²) in [7, 11) is -3.54. The largest absolute Gasteiger partial charge is 0.476 e. The van der Waals surface area contributed by atoms with Gasteiger partial charge in [0.25, 0.3) is 0 Å². The van der Waals surface area contributed by atoms with Gasteiger partial charge in [0.2, 0.25) is 10.0 Å². The number of carboxylic acid groups (broad SMARTS) is 1. The second-order valence-electron chi connectivity index (χ2n) is 5.09. The number of aromatic nitrogens is 1. The van der Waals surface area contributed by atoms with E-state index in [0.717, 1.165) is 32.1 Å². The van der Waals surface area contributed by atoms with E-state index in [2.05, 4.69) is 9.71 Å². The van der Waals surface area contributed by atoms with Gasteiger partial charge in [0, 0.05) is 6.20 Å². The fraction of sp³-hybridized carbons (Fsp3) is 0.538. The minimum absolute atomic E-state index is 0.0239. The maximum absolute atomic E-state index is 12.1. The molecule has 1 aromatic heterocycles. The molecular formula is C13H18N2O4S. The number of anilines is 1. The first-order chi connectivity index (χ1) is 9.48. The summed E-state index contributed by atoms with van der Waals surface area (Å²) < 4.78 is 26.6. The fourth-order valence-electron chi connectivity index (χ4n) is 2.53. The second-order valence-corrected chi connectivity index (χ2v) is 6.86. The highest BCUT2D eigenvalue weighted by atomic mass is 32.2. The van der Waals surface area contributed by atoms with Crippen molar-refractivity contribution in [3.63, 3.8) is 0 Å². The molecule has 110 valence electrons. The monoisotopic (exact) mass is 298 g/mol. The van der Waals surface area contributed by atoms with Gasteiger partial charge in [-0.05, 0) is 30.9 Å². The molecule has 0 saturated heterocycles. The summed E-state index contributed by atoms with van der Waals surface area (Å²) in [6.07, 6.45) is 6.44. The van der Waals surface area contributed by atoms with Crippen molar-refractivity contribution in [1.82, 2.24) is 4.98 Å². The smallest absolute Gasteiger partial charge is 0.356 e. The minimum atomic E-state index is -3.54. The third-order valence-corrected chi connectivity index (χ3v) is 4.90. The van der Waals surface area contributed by atoms with Crippen LogP contribution in [-0.4, -0.2) is 30.2 Å². The Morgan fingerprint density at radius 1 is 1.35 bits per heavy atom. The van der Waals surface area contributed by atoms with Gasteiger partial charge in [-0.3, -0.25) is 4.72 Å². The lowest BCUT2D eigenvalue weighted by Gasteiger charge is -2.21. The predicted molar refractivity (Wildman–Crippen MR) is 75.2 cm³/mol. The topological polar surface area (TPSA) is 96.4 Å². The number of nitrogens with zero attached hydrogens (tertiary/aromatic N) is 1. The maximum Gasteiger partial charge on any atom is 0.356 e. The van der Waals surface area contributed by atoms with Crippen molar-refractivity contribution < 1.29 is 18.3 Å². The molecule has 2 rings (SSSR count). The van der Waals surface area contributed by atoms with E-state index in [9.17, 15) is 13.2 Å². The molecule has 1 fully saturated rings. The summed E-state index contributed by atoms with van der Waals surface area (Å²) >= 11 is 0. The summed E-state index contributed by atoms with van der Waals surface area (Å²) in [6.45, 7) is 0. The molecule has 7 heteroatoms. The molecule has 1 heterocycles. The zero-order chi connectivity index (χ0) is 14.6. The van der Waals surface area contributed by atoms with Gasteiger partial charge in [-0.25, -0.2) is 18.2 Å². The van der Waals surface area contributed by atoms with Crippen LogP contribution in [0.1, 0.15) is 42.6 Å². The molecule has 0 unspecified atom stereocenters. The summed E-state index contributed by atoms with van der Waals surface area (Å²) in [6, 6.07) is 2.92. The van der Waals surface area contributed by atoms with Gasteiger partial charge in [-0.15, -0.1) is 0 Å². The van der Waals surface area contributed by atoms with E-state index in [4.69, 9.17) is 5.11 Å². The Bertz CT molecular complexity index is 580. The molecule has 0 amide bonds. The number of pyridine rings is 1. The predicted octanol–water partition coefficient (Wildman–Crippen LogP) is 2.10. The van der Waals surface area contributed by atoms with Gasteiger partial charge in [-0.1, -0.05) is 19.3 Å². The van der Waals surface area contributed by atoms with Crippen molar-refractivity contribution >= 4 is 21.7 Å². The van der Waals surface area contributed by atoms with Gasteiger partial charge in [0.1, 0.15) is 0 Å². The number of sulfonamides is 1. The van der Waals surface area contributed by atoms with Crippen LogP contribution in [0, 0.1) is 5.92 Å². The third kappa shape index (κ3) is 3.93. The van der Waals surface area contributed by atoms with E-state index in [0.29, 0.717) is 0 Å². The Balaban J connectivity index is 2.10. The summed E-state index contributed by atoms with van der Waals surface area (Å²) in [5.41, 5.74) is -0.254. The lowest BCUT2D eigenvalue weighted by Crippen LogP contribution is -2.25. The van der Waals surface area contributed by atoms with E-state index < -0.39 is 16.0 Å². The van der Waals surface area contributed by atoms with Gasteiger partial charge >= 0.3 is 5.97 Å². The molecule has 0 aromatic carbocycles. The quantitative estimate of drug-likeness (QED) is 0.867. The average Bonchev–Trinajstić information content (AvgIpc) is 2.39. The van der Waals surface area contributed by atoms with E-state index in [-0.39, 0.29) is 23.1 Å². The first-order valence-corrected chi connectivity index (χ1v) is 8.32. The van der Waals surface area contributed by atoms with E-state index >= 15 is 0 Å². The second kappa shape index (κ2) is 6.21. The van der Waals surface area contributed by atoms with E-state index in [1.165, 1.54) is 18.3 Å². The van der Waals surface area contributed by atoms with E-state index in [1.807, 2.05) is 0 Å². The van der Waals surface area contributed by atoms with Gasteiger partial charge < -0.3 is 5.11 Å². The van der Waals surface area contributed by atoms with Crippen LogP contribution in [0.4, 0.5) is 5.69 Å². The molecule has 0 spiro atoms. The standard InChI is InChI=1S/C13H18N2O4S/c16-13(17)12-11(7-4-8-14-12)15-20(18,19)9-10-5-2-1-3-6-10/h4,7-8,10,15H,1-3,5-6,9H2,(H,16,17). The molecule has 6 nitrogen and oxygen atoms in total. The number of rotatable bonds is 5. The number of aromatic carboxylic acids is 1. The van der Waals surface area contributed by atoms with Crippen molar-refractivity contribution in [2.45, 2.75) is 32.1 Å². The van der Waals surface area contributed by atoms with Crippen molar-refractivity contribution in [3.8, 4) is 0 Å². The Kier molecular flexibility index (Phi) is 4.59. The first-order valence-electron chi connectivity index (χ1n) is 6.67. The van der Waals surface area contributed by atoms with Crippen molar-refractivity contribution in [3.05, 3.63) is 24.0 Å². The highest BCUT2D eigenvalue weighted by molar-refractivity contribution is 7.92. The summed E-state index contributed by atoms with van der Waals surface area (Å²) in [5, 5.41) is 8.99. The van der Waals surface area contributed by atoms with Gasteiger partial charge in [0.05, 0.1) is 11.4 Å². The SMILES string of the molecule is O=C(O)c1ncccc1NS(=O)(=O)CC1CCCCC1. The minimum Gasteiger partial charge on any atom is -0.476 e. The molecule has 1 saturated carbocycles. The lowest BCUT2D eigenvalue weighted by atomic mass is 9.91. The summed E-state index contributed by atoms with van der Waals surface area (Å²) in [4.78, 5) is 14.7. The van der Waals surface area contributed by atoms with Crippen LogP contribution in [0.15, 0.2) is 18.3 Å². The Labute approximate surface area is 118 Å². The molecular weight excluding hydrogens is 280 g/mol. The van der Waals surface area contributed by atoms with Gasteiger partial charge in [0.15, 0.2) is 5.69 Å². The molecule has 1 aliphatic rings. The maximum atomic E-state index is 12.1. The number of hydrogen-bond donors (Lipinski definition) is 2. The molecule has 0 bridgehead atoms. The van der Waals surface area contributed by atoms with Gasteiger partial charge in [-0.2, -0.15) is 0 Å². The van der Waals surface area contributed by atoms with Crippen molar-refractivity contribution in [1.29, 1.82) is 0 Å². The van der Waals surface area contributed by atoms with E-state index in [1.54, 1.807) is 0 Å². The number of carbonyl (C=O) groups is 1. The Hall–Kier alpha value is -1.63. The number of nitrogens with one attached hydrogen (secondary N) is 1. The molecule has 1 aliphatic carbocycles. The molecule has 2 N–H and O–H groups in total. The first kappa shape index (κ1) is 14.8. The highest BCUT2D eigenvalue weighted by Gasteiger charge is 2.23. The zero-order valence-electron chi connectivity index (χ0n) is 11.1. The number of hydrogen-bond acceptors (Lipinski definition) is 4. The van der Waals surface area contributed by atoms with Crippen LogP contribution in [0.5, 0.6) is 0 Å². The molecule has 0 atom stereocenters. The summed E-state index contributed by atoms with van der Waals surface area (Å²) in [5.74, 6) is -1.05. The van der Waals surface area contributed by atoms with Crippen LogP contribution in [0.25, 0.3) is 0 Å². The Morgan fingerprint density at radius 3 is 2.70 bits per heavy atom. The third-order valence-electron chi connectivity index (χ3n) is 3.46. The van der Waals surface area contributed by atoms with Crippen LogP contribution in [0.3, 0.4) is 0 Å². The average molecular weight is 298 g/mol. The number of carboxylic acids is 1. The van der Waals surface area contributed by atoms with Crippen molar-refractivity contribution in [2.75, 3.05) is 10.5 Å². The molecule has 1 aromatic rings. The molecule has 20 heavy (non-hydrogen) atoms. The molecule has 0 radical (unpaired) electrons.